The van der Waals surface area contributed by atoms with Crippen LogP contribution < -0.4 is 4.90 Å². The first-order valence-electron chi connectivity index (χ1n) is 5.87. The van der Waals surface area contributed by atoms with E-state index in [1.54, 1.807) is 12.1 Å². The molecule has 0 heterocycles. The molecular weight excluding hydrogens is 214 g/mol. The fourth-order valence-electron chi connectivity index (χ4n) is 1.61. The van der Waals surface area contributed by atoms with Crippen molar-refractivity contribution in [1.82, 2.24) is 0 Å². The number of phenolic OH excluding ortho intramolecular Hbond substituents is 1. The van der Waals surface area contributed by atoms with Crippen LogP contribution in [0.25, 0.3) is 0 Å². The molecule has 0 aliphatic heterocycles. The third-order valence-electron chi connectivity index (χ3n) is 3.52. The maximum Gasteiger partial charge on any atom is 0.163 e. The van der Waals surface area contributed by atoms with E-state index in [4.69, 9.17) is 0 Å². The Morgan fingerprint density at radius 2 is 2.00 bits per heavy atom. The molecule has 3 nitrogen and oxygen atoms in total. The highest BCUT2D eigenvalue weighted by atomic mass is 16.3. The van der Waals surface area contributed by atoms with Crippen molar-refractivity contribution in [2.24, 2.45) is 0 Å². The average Bonchev–Trinajstić information content (AvgIpc) is 2.27. The van der Waals surface area contributed by atoms with Crippen LogP contribution in [-0.2, 0) is 0 Å². The zero-order valence-corrected chi connectivity index (χ0v) is 11.2. The molecule has 0 unspecified atom stereocenters. The van der Waals surface area contributed by atoms with Crippen molar-refractivity contribution in [2.75, 3.05) is 11.9 Å². The summed E-state index contributed by atoms with van der Waals surface area (Å²) in [7, 11) is 1.99. The van der Waals surface area contributed by atoms with E-state index >= 15 is 0 Å². The lowest BCUT2D eigenvalue weighted by atomic mass is 9.98. The van der Waals surface area contributed by atoms with Gasteiger partial charge in [-0.1, -0.05) is 6.92 Å². The van der Waals surface area contributed by atoms with Crippen molar-refractivity contribution >= 4 is 11.5 Å². The molecule has 0 amide bonds. The normalized spacial score (nSPS) is 11.4. The molecule has 0 bridgehead atoms. The molecular formula is C14H21NO2. The van der Waals surface area contributed by atoms with Gasteiger partial charge >= 0.3 is 0 Å². The summed E-state index contributed by atoms with van der Waals surface area (Å²) >= 11 is 0. The fraction of sp³-hybridized carbons (Fsp3) is 0.500. The third-order valence-corrected chi connectivity index (χ3v) is 3.52. The number of carbonyl (C=O) groups is 1. The van der Waals surface area contributed by atoms with Gasteiger partial charge in [-0.3, -0.25) is 4.79 Å². The fourth-order valence-corrected chi connectivity index (χ4v) is 1.61. The summed E-state index contributed by atoms with van der Waals surface area (Å²) in [4.78, 5) is 13.3. The summed E-state index contributed by atoms with van der Waals surface area (Å²) in [5.74, 6) is -0.0693. The van der Waals surface area contributed by atoms with Crippen LogP contribution in [0.15, 0.2) is 18.2 Å². The van der Waals surface area contributed by atoms with Crippen LogP contribution in [0.4, 0.5) is 5.69 Å². The Kier molecular flexibility index (Phi) is 3.81. The van der Waals surface area contributed by atoms with Crippen molar-refractivity contribution in [3.8, 4) is 5.75 Å². The number of aromatic hydroxyl groups is 1. The van der Waals surface area contributed by atoms with Gasteiger partial charge < -0.3 is 10.0 Å². The van der Waals surface area contributed by atoms with Crippen LogP contribution in [0.1, 0.15) is 44.5 Å². The van der Waals surface area contributed by atoms with Crippen molar-refractivity contribution in [1.29, 1.82) is 0 Å². The highest BCUT2D eigenvalue weighted by Crippen LogP contribution is 2.29. The van der Waals surface area contributed by atoms with Gasteiger partial charge in [0.25, 0.3) is 0 Å². The molecule has 1 rings (SSSR count). The van der Waals surface area contributed by atoms with E-state index in [0.717, 1.165) is 12.1 Å². The van der Waals surface area contributed by atoms with E-state index in [0.29, 0.717) is 5.56 Å². The van der Waals surface area contributed by atoms with Crippen molar-refractivity contribution in [3.63, 3.8) is 0 Å². The number of rotatable bonds is 4. The standard InChI is InChI=1S/C14H21NO2/c1-6-14(3,4)15(5)11-7-8-12(10(2)16)13(17)9-11/h7-9,17H,6H2,1-5H3. The van der Waals surface area contributed by atoms with Gasteiger partial charge in [-0.05, 0) is 39.3 Å². The summed E-state index contributed by atoms with van der Waals surface area (Å²) in [6.45, 7) is 7.86. The summed E-state index contributed by atoms with van der Waals surface area (Å²) in [6, 6.07) is 5.19. The summed E-state index contributed by atoms with van der Waals surface area (Å²) in [5, 5.41) is 9.80. The molecule has 0 aromatic heterocycles. The summed E-state index contributed by atoms with van der Waals surface area (Å²) in [5.41, 5.74) is 1.31. The zero-order chi connectivity index (χ0) is 13.2. The first kappa shape index (κ1) is 13.6. The number of nitrogens with zero attached hydrogens (tertiary/aromatic N) is 1. The molecule has 0 saturated heterocycles. The van der Waals surface area contributed by atoms with Gasteiger partial charge in [0.1, 0.15) is 5.75 Å². The molecule has 17 heavy (non-hydrogen) atoms. The number of phenols is 1. The minimum absolute atomic E-state index is 0.0180. The number of hydrogen-bond acceptors (Lipinski definition) is 3. The second-order valence-corrected chi connectivity index (χ2v) is 4.98. The van der Waals surface area contributed by atoms with E-state index in [2.05, 4.69) is 25.7 Å². The Labute approximate surface area is 103 Å². The van der Waals surface area contributed by atoms with Gasteiger partial charge in [0, 0.05) is 24.3 Å². The Morgan fingerprint density at radius 1 is 1.41 bits per heavy atom. The maximum atomic E-state index is 11.2. The molecule has 94 valence electrons. The van der Waals surface area contributed by atoms with Crippen LogP contribution in [0.2, 0.25) is 0 Å². The SMILES string of the molecule is CCC(C)(C)N(C)c1ccc(C(C)=O)c(O)c1. The van der Waals surface area contributed by atoms with E-state index in [-0.39, 0.29) is 17.1 Å². The van der Waals surface area contributed by atoms with Gasteiger partial charge in [0.05, 0.1) is 5.56 Å². The molecule has 0 fully saturated rings. The molecule has 3 heteroatoms. The lowest BCUT2D eigenvalue weighted by Crippen LogP contribution is -2.40. The monoisotopic (exact) mass is 235 g/mol. The molecule has 0 aliphatic carbocycles. The molecule has 1 N–H and O–H groups in total. The first-order valence-corrected chi connectivity index (χ1v) is 5.87. The zero-order valence-electron chi connectivity index (χ0n) is 11.2. The van der Waals surface area contributed by atoms with Crippen LogP contribution >= 0.6 is 0 Å². The highest BCUT2D eigenvalue weighted by Gasteiger charge is 2.22. The van der Waals surface area contributed by atoms with Crippen LogP contribution in [0.3, 0.4) is 0 Å². The largest absolute Gasteiger partial charge is 0.507 e. The van der Waals surface area contributed by atoms with Gasteiger partial charge in [0.15, 0.2) is 5.78 Å². The number of ketones is 1. The summed E-state index contributed by atoms with van der Waals surface area (Å²) < 4.78 is 0. The van der Waals surface area contributed by atoms with Crippen molar-refractivity contribution in [2.45, 2.75) is 39.7 Å². The lowest BCUT2D eigenvalue weighted by molar-refractivity contribution is 0.101. The number of carbonyl (C=O) groups excluding carboxylic acids is 1. The molecule has 0 atom stereocenters. The topological polar surface area (TPSA) is 40.5 Å². The molecule has 1 aromatic rings. The quantitative estimate of drug-likeness (QED) is 0.815. The van der Waals surface area contributed by atoms with Crippen LogP contribution in [-0.4, -0.2) is 23.5 Å². The van der Waals surface area contributed by atoms with Gasteiger partial charge in [0.2, 0.25) is 0 Å². The minimum atomic E-state index is -0.119. The first-order chi connectivity index (χ1) is 7.79. The Bertz CT molecular complexity index is 424. The predicted molar refractivity (Wildman–Crippen MR) is 70.9 cm³/mol. The van der Waals surface area contributed by atoms with Crippen molar-refractivity contribution in [3.05, 3.63) is 23.8 Å². The summed E-state index contributed by atoms with van der Waals surface area (Å²) in [6.07, 6.45) is 0.999. The molecule has 0 saturated carbocycles. The minimum Gasteiger partial charge on any atom is -0.507 e. The lowest BCUT2D eigenvalue weighted by Gasteiger charge is -2.37. The third kappa shape index (κ3) is 2.78. The second kappa shape index (κ2) is 4.78. The van der Waals surface area contributed by atoms with Gasteiger partial charge in [-0.15, -0.1) is 0 Å². The van der Waals surface area contributed by atoms with E-state index in [1.807, 2.05) is 13.1 Å². The molecule has 1 aromatic carbocycles. The smallest absolute Gasteiger partial charge is 0.163 e. The Hall–Kier alpha value is -1.51. The molecule has 0 spiro atoms. The van der Waals surface area contributed by atoms with Crippen LogP contribution in [0, 0.1) is 0 Å². The number of Topliss-reactive ketones (excluding diaryl/α,β-unsaturated/α-hetero) is 1. The van der Waals surface area contributed by atoms with Crippen molar-refractivity contribution < 1.29 is 9.90 Å². The number of benzene rings is 1. The van der Waals surface area contributed by atoms with Gasteiger partial charge in [-0.2, -0.15) is 0 Å². The highest BCUT2D eigenvalue weighted by molar-refractivity contribution is 5.97. The Morgan fingerprint density at radius 3 is 2.41 bits per heavy atom. The second-order valence-electron chi connectivity index (χ2n) is 4.98. The maximum absolute atomic E-state index is 11.2. The number of hydrogen-bond donors (Lipinski definition) is 1. The molecule has 0 radical (unpaired) electrons. The predicted octanol–water partition coefficient (Wildman–Crippen LogP) is 3.22. The van der Waals surface area contributed by atoms with E-state index < -0.39 is 0 Å². The Balaban J connectivity index is 3.10. The van der Waals surface area contributed by atoms with E-state index in [1.165, 1.54) is 6.92 Å². The van der Waals surface area contributed by atoms with Gasteiger partial charge in [-0.25, -0.2) is 0 Å². The molecule has 0 aliphatic rings. The van der Waals surface area contributed by atoms with E-state index in [9.17, 15) is 9.90 Å². The van der Waals surface area contributed by atoms with Crippen LogP contribution in [0.5, 0.6) is 5.75 Å². The average molecular weight is 235 g/mol. The number of anilines is 1.